The summed E-state index contributed by atoms with van der Waals surface area (Å²) in [6.07, 6.45) is -3.47. The van der Waals surface area contributed by atoms with E-state index >= 15 is 0 Å². The van der Waals surface area contributed by atoms with E-state index in [2.05, 4.69) is 0 Å². The summed E-state index contributed by atoms with van der Waals surface area (Å²) in [7, 11) is 0. The van der Waals surface area contributed by atoms with Crippen molar-refractivity contribution >= 4 is 29.9 Å². The lowest BCUT2D eigenvalue weighted by Crippen LogP contribution is -2.53. The molecule has 2 atom stereocenters. The molecular weight excluding hydrogens is 362 g/mol. The molecule has 0 aliphatic heterocycles. The van der Waals surface area contributed by atoms with Gasteiger partial charge >= 0.3 is 24.1 Å². The topological polar surface area (TPSA) is 148 Å². The van der Waals surface area contributed by atoms with Crippen LogP contribution in [0.15, 0.2) is 0 Å². The van der Waals surface area contributed by atoms with Gasteiger partial charge in [-0.25, -0.2) is 14.4 Å². The fourth-order valence-corrected chi connectivity index (χ4v) is 1.93. The molecule has 0 heterocycles. The predicted molar refractivity (Wildman–Crippen MR) is 92.2 cm³/mol. The van der Waals surface area contributed by atoms with Crippen LogP contribution in [0.3, 0.4) is 0 Å². The maximum atomic E-state index is 12.5. The van der Waals surface area contributed by atoms with E-state index in [1.54, 1.807) is 0 Å². The Labute approximate surface area is 157 Å². The molecule has 0 bridgehead atoms. The molecule has 0 aromatic heterocycles. The Morgan fingerprint density at radius 1 is 0.815 bits per heavy atom. The minimum atomic E-state index is -1.97. The van der Waals surface area contributed by atoms with Crippen LogP contribution in [0.5, 0.6) is 0 Å². The number of carbonyl (C=O) groups excluding carboxylic acids is 3. The summed E-state index contributed by atoms with van der Waals surface area (Å²) in [6.45, 7) is 10.00. The molecule has 10 nitrogen and oxygen atoms in total. The van der Waals surface area contributed by atoms with Gasteiger partial charge in [-0.2, -0.15) is 4.90 Å². The van der Waals surface area contributed by atoms with E-state index in [0.717, 1.165) is 6.92 Å². The molecule has 0 saturated carbocycles. The number of hydrogen-bond acceptors (Lipinski definition) is 7. The first-order chi connectivity index (χ1) is 12.0. The Balaban J connectivity index is 6.03. The highest BCUT2D eigenvalue weighted by Gasteiger charge is 2.43. The molecule has 2 unspecified atom stereocenters. The zero-order chi connectivity index (χ0) is 21.7. The number of amides is 2. The highest BCUT2D eigenvalue weighted by Crippen LogP contribution is 2.21. The lowest BCUT2D eigenvalue weighted by molar-refractivity contribution is -0.149. The molecule has 0 spiro atoms. The number of carboxylic acids is 2. The van der Waals surface area contributed by atoms with Crippen LogP contribution in [0.25, 0.3) is 0 Å². The van der Waals surface area contributed by atoms with Gasteiger partial charge in [-0.1, -0.05) is 0 Å². The second kappa shape index (κ2) is 8.83. The van der Waals surface area contributed by atoms with Gasteiger partial charge in [0, 0.05) is 0 Å². The largest absolute Gasteiger partial charge is 0.481 e. The maximum Gasteiger partial charge on any atom is 0.420 e. The Morgan fingerprint density at radius 3 is 1.41 bits per heavy atom. The number of hydrogen-bond donors (Lipinski definition) is 2. The van der Waals surface area contributed by atoms with E-state index in [9.17, 15) is 29.1 Å². The average molecular weight is 389 g/mol. The fourth-order valence-electron chi connectivity index (χ4n) is 1.93. The Bertz CT molecular complexity index is 571. The first-order valence-electron chi connectivity index (χ1n) is 8.17. The smallest absolute Gasteiger partial charge is 0.420 e. The van der Waals surface area contributed by atoms with Crippen LogP contribution in [0, 0.1) is 5.92 Å². The highest BCUT2D eigenvalue weighted by molar-refractivity contribution is 5.99. The zero-order valence-corrected chi connectivity index (χ0v) is 16.6. The summed E-state index contributed by atoms with van der Waals surface area (Å²) in [5, 5.41) is 18.6. The summed E-state index contributed by atoms with van der Waals surface area (Å²) in [4.78, 5) is 59.6. The van der Waals surface area contributed by atoms with Crippen LogP contribution >= 0.6 is 0 Å². The Hall–Kier alpha value is -2.65. The van der Waals surface area contributed by atoms with Crippen LogP contribution in [0.1, 0.15) is 54.9 Å². The lowest BCUT2D eigenvalue weighted by atomic mass is 9.95. The van der Waals surface area contributed by atoms with Gasteiger partial charge < -0.3 is 19.7 Å². The van der Waals surface area contributed by atoms with Gasteiger partial charge in [0.05, 0.1) is 0 Å². The van der Waals surface area contributed by atoms with E-state index in [4.69, 9.17) is 14.6 Å². The summed E-state index contributed by atoms with van der Waals surface area (Å²) < 4.78 is 10.1. The first-order valence-corrected chi connectivity index (χ1v) is 8.17. The van der Waals surface area contributed by atoms with E-state index in [1.807, 2.05) is 0 Å². The molecule has 0 aliphatic carbocycles. The van der Waals surface area contributed by atoms with Crippen molar-refractivity contribution in [2.45, 2.75) is 72.1 Å². The molecule has 0 aliphatic rings. The molecule has 27 heavy (non-hydrogen) atoms. The van der Waals surface area contributed by atoms with Gasteiger partial charge in [-0.15, -0.1) is 0 Å². The van der Waals surface area contributed by atoms with Crippen molar-refractivity contribution in [3.63, 3.8) is 0 Å². The normalized spacial score (nSPS) is 13.9. The van der Waals surface area contributed by atoms with Crippen LogP contribution in [0.4, 0.5) is 9.59 Å². The van der Waals surface area contributed by atoms with Gasteiger partial charge in [0.2, 0.25) is 0 Å². The number of aliphatic carboxylic acids is 2. The molecule has 0 radical (unpaired) electrons. The third kappa shape index (κ3) is 8.52. The number of carboxylic acid groups (broad SMARTS) is 2. The zero-order valence-electron chi connectivity index (χ0n) is 16.6. The molecule has 10 heteroatoms. The maximum absolute atomic E-state index is 12.5. The van der Waals surface area contributed by atoms with Gasteiger partial charge in [0.25, 0.3) is 0 Å². The van der Waals surface area contributed by atoms with E-state index in [1.165, 1.54) is 41.5 Å². The lowest BCUT2D eigenvalue weighted by Gasteiger charge is -2.32. The van der Waals surface area contributed by atoms with E-state index in [-0.39, 0.29) is 4.90 Å². The van der Waals surface area contributed by atoms with Crippen LogP contribution in [-0.2, 0) is 23.9 Å². The van der Waals surface area contributed by atoms with Crippen molar-refractivity contribution in [2.24, 2.45) is 5.92 Å². The van der Waals surface area contributed by atoms with Crippen molar-refractivity contribution in [1.82, 2.24) is 4.90 Å². The van der Waals surface area contributed by atoms with Gasteiger partial charge in [-0.3, -0.25) is 9.59 Å². The quantitative estimate of drug-likeness (QED) is 0.653. The van der Waals surface area contributed by atoms with Crippen molar-refractivity contribution in [3.05, 3.63) is 0 Å². The predicted octanol–water partition coefficient (Wildman–Crippen LogP) is 2.29. The Kier molecular flexibility index (Phi) is 7.96. The number of nitrogens with zero attached hydrogens (tertiary/aromatic N) is 1. The van der Waals surface area contributed by atoms with Crippen LogP contribution < -0.4 is 0 Å². The molecule has 0 aromatic carbocycles. The van der Waals surface area contributed by atoms with Crippen molar-refractivity contribution in [2.75, 3.05) is 0 Å². The van der Waals surface area contributed by atoms with Crippen LogP contribution in [-0.4, -0.2) is 62.3 Å². The number of imide groups is 1. The third-order valence-electron chi connectivity index (χ3n) is 3.02. The number of Topliss-reactive ketones (excluding diaryl/α,β-unsaturated/α-hetero) is 1. The first kappa shape index (κ1) is 24.4. The molecule has 154 valence electrons. The number of rotatable bonds is 6. The molecule has 0 fully saturated rings. The molecule has 0 rings (SSSR count). The SMILES string of the molecule is CC(=O)C(CC(C(=O)O)N(C(=O)OC(C)(C)C)C(=O)OC(C)(C)C)C(=O)O. The summed E-state index contributed by atoms with van der Waals surface area (Å²) >= 11 is 0. The molecule has 0 saturated heterocycles. The van der Waals surface area contributed by atoms with Gasteiger partial charge in [0.1, 0.15) is 28.9 Å². The van der Waals surface area contributed by atoms with Crippen molar-refractivity contribution < 1.29 is 43.7 Å². The Morgan fingerprint density at radius 2 is 1.19 bits per heavy atom. The fraction of sp³-hybridized carbons (Fsp3) is 0.706. The number of ketones is 1. The third-order valence-corrected chi connectivity index (χ3v) is 3.02. The highest BCUT2D eigenvalue weighted by atomic mass is 16.6. The summed E-state index contributed by atoms with van der Waals surface area (Å²) in [5.74, 6) is -5.79. The standard InChI is InChI=1S/C17H27NO9/c1-9(19)10(12(20)21)8-11(13(22)23)18(14(24)26-16(2,3)4)15(25)27-17(5,6)7/h10-11H,8H2,1-7H3,(H,20,21)(H,22,23). The van der Waals surface area contributed by atoms with Crippen LogP contribution in [0.2, 0.25) is 0 Å². The average Bonchev–Trinajstić information content (AvgIpc) is 2.37. The molecule has 0 aromatic rings. The number of ether oxygens (including phenoxy) is 2. The molecule has 2 amide bonds. The minimum Gasteiger partial charge on any atom is -0.481 e. The van der Waals surface area contributed by atoms with Crippen molar-refractivity contribution in [1.29, 1.82) is 0 Å². The molecular formula is C17H27NO9. The van der Waals surface area contributed by atoms with Gasteiger partial charge in [0.15, 0.2) is 0 Å². The second-order valence-corrected chi connectivity index (χ2v) is 7.92. The van der Waals surface area contributed by atoms with E-state index in [0.29, 0.717) is 0 Å². The van der Waals surface area contributed by atoms with E-state index < -0.39 is 59.5 Å². The second-order valence-electron chi connectivity index (χ2n) is 7.92. The minimum absolute atomic E-state index is 0.192. The number of carbonyl (C=O) groups is 5. The monoisotopic (exact) mass is 389 g/mol. The van der Waals surface area contributed by atoms with Crippen molar-refractivity contribution in [3.8, 4) is 0 Å². The van der Waals surface area contributed by atoms with Gasteiger partial charge in [-0.05, 0) is 54.9 Å². The molecule has 2 N–H and O–H groups in total. The summed E-state index contributed by atoms with van der Waals surface area (Å²) in [5.41, 5.74) is -2.12. The summed E-state index contributed by atoms with van der Waals surface area (Å²) in [6, 6.07) is -1.97.